The van der Waals surface area contributed by atoms with Gasteiger partial charge in [0.15, 0.2) is 0 Å². The van der Waals surface area contributed by atoms with Crippen molar-refractivity contribution in [3.8, 4) is 0 Å². The van der Waals surface area contributed by atoms with Crippen LogP contribution >= 0.6 is 0 Å². The van der Waals surface area contributed by atoms with Crippen molar-refractivity contribution in [3.05, 3.63) is 12.7 Å². The van der Waals surface area contributed by atoms with Gasteiger partial charge in [-0.3, -0.25) is 0 Å². The van der Waals surface area contributed by atoms with E-state index < -0.39 is 35.9 Å². The summed E-state index contributed by atoms with van der Waals surface area (Å²) in [5.74, 6) is -2.24. The molecule has 0 aromatic rings. The van der Waals surface area contributed by atoms with Crippen LogP contribution in [-0.4, -0.2) is 34.2 Å². The molecule has 1 heterocycles. The van der Waals surface area contributed by atoms with Crippen molar-refractivity contribution in [2.45, 2.75) is 18.6 Å². The van der Waals surface area contributed by atoms with Crippen molar-refractivity contribution in [1.29, 1.82) is 0 Å². The van der Waals surface area contributed by atoms with Gasteiger partial charge in [0.2, 0.25) is 0 Å². The van der Waals surface area contributed by atoms with Gasteiger partial charge in [-0.15, -0.1) is 0 Å². The van der Waals surface area contributed by atoms with E-state index in [1.165, 1.54) is 0 Å². The standard InChI is InChI=1S/C9H11NO4.CH3.Y/c11-6-2-1-3(7(6)12)5-4(2)8(13)10-9(5)14;;/h2-7,11-12H,1H2,(H,10,13,14);1H3;/q;-1;/p-1. The van der Waals surface area contributed by atoms with E-state index in [1.54, 1.807) is 0 Å². The molecule has 2 amide bonds. The molecule has 87 valence electrons. The molecule has 1 radical (unpaired) electrons. The van der Waals surface area contributed by atoms with Crippen LogP contribution in [0.2, 0.25) is 0 Å². The first kappa shape index (κ1) is 14.2. The van der Waals surface area contributed by atoms with Gasteiger partial charge >= 0.3 is 0 Å². The third-order valence-corrected chi connectivity index (χ3v) is 3.87. The summed E-state index contributed by atoms with van der Waals surface area (Å²) < 4.78 is 0. The van der Waals surface area contributed by atoms with E-state index in [0.29, 0.717) is 6.42 Å². The predicted molar refractivity (Wildman–Crippen MR) is 50.4 cm³/mol. The average Bonchev–Trinajstić information content (AvgIpc) is 2.71. The van der Waals surface area contributed by atoms with Crippen molar-refractivity contribution in [1.82, 2.24) is 0 Å². The smallest absolute Gasteiger partial charge is 0.0836 e. The number of imide groups is 1. The number of aliphatic hydroxyl groups excluding tert-OH is 2. The number of aliphatic hydroxyl groups is 2. The summed E-state index contributed by atoms with van der Waals surface area (Å²) in [6, 6.07) is 0. The molecule has 2 aliphatic carbocycles. The molecule has 16 heavy (non-hydrogen) atoms. The number of nitrogens with zero attached hydrogens (tertiary/aromatic N) is 1. The predicted octanol–water partition coefficient (Wildman–Crippen LogP) is -0.521. The van der Waals surface area contributed by atoms with Gasteiger partial charge in [-0.05, 0) is 18.3 Å². The first-order valence-electron chi connectivity index (χ1n) is 4.77. The number of hydrogen-bond donors (Lipinski definition) is 2. The first-order valence-corrected chi connectivity index (χ1v) is 4.77. The van der Waals surface area contributed by atoms with Crippen LogP contribution in [0.5, 0.6) is 0 Å². The van der Waals surface area contributed by atoms with Crippen LogP contribution in [0, 0.1) is 31.1 Å². The van der Waals surface area contributed by atoms with E-state index in [-0.39, 0.29) is 52.0 Å². The number of amides is 2. The average molecular weight is 300 g/mol. The molecular weight excluding hydrogens is 287 g/mol. The van der Waals surface area contributed by atoms with Crippen LogP contribution < -0.4 is 0 Å². The number of fused-ring (bicyclic) bond motifs is 5. The Hall–Kier alpha value is 0.164. The second kappa shape index (κ2) is 4.44. The topological polar surface area (TPSA) is 88.7 Å². The van der Waals surface area contributed by atoms with E-state index in [1.807, 2.05) is 0 Å². The van der Waals surface area contributed by atoms with Crippen LogP contribution in [0.15, 0.2) is 0 Å². The molecular formula is C10H13NO4Y-2. The molecule has 3 fully saturated rings. The largest absolute Gasteiger partial charge is 0.595 e. The SMILES string of the molecule is O=C1[N-]C(=O)C2C3CC(C(O)C3O)C12.[CH3-].[Y]. The molecule has 0 aromatic carbocycles. The van der Waals surface area contributed by atoms with E-state index >= 15 is 0 Å². The summed E-state index contributed by atoms with van der Waals surface area (Å²) in [6.45, 7) is 0. The molecule has 2 saturated carbocycles. The molecule has 1 aliphatic heterocycles. The Morgan fingerprint density at radius 3 is 1.75 bits per heavy atom. The molecule has 2 bridgehead atoms. The summed E-state index contributed by atoms with van der Waals surface area (Å²) in [4.78, 5) is 22.7. The van der Waals surface area contributed by atoms with Gasteiger partial charge in [0.05, 0.1) is 24.0 Å². The monoisotopic (exact) mass is 300 g/mol. The summed E-state index contributed by atoms with van der Waals surface area (Å²) in [5.41, 5.74) is 0. The van der Waals surface area contributed by atoms with Gasteiger partial charge in [0.25, 0.3) is 0 Å². The quantitative estimate of drug-likeness (QED) is 0.465. The van der Waals surface area contributed by atoms with Crippen molar-refractivity contribution >= 4 is 11.8 Å². The Kier molecular flexibility index (Phi) is 3.95. The molecule has 5 nitrogen and oxygen atoms in total. The fraction of sp³-hybridized carbons (Fsp3) is 0.700. The van der Waals surface area contributed by atoms with Crippen LogP contribution in [0.25, 0.3) is 5.32 Å². The molecule has 6 unspecified atom stereocenters. The Morgan fingerprint density at radius 1 is 1.00 bits per heavy atom. The molecule has 3 aliphatic rings. The van der Waals surface area contributed by atoms with Crippen molar-refractivity contribution in [2.24, 2.45) is 23.7 Å². The second-order valence-electron chi connectivity index (χ2n) is 4.38. The van der Waals surface area contributed by atoms with Crippen molar-refractivity contribution < 1.29 is 52.5 Å². The third-order valence-electron chi connectivity index (χ3n) is 3.87. The van der Waals surface area contributed by atoms with Crippen LogP contribution in [0.4, 0.5) is 0 Å². The van der Waals surface area contributed by atoms with Gasteiger partial charge in [-0.2, -0.15) is 0 Å². The van der Waals surface area contributed by atoms with E-state index in [0.717, 1.165) is 0 Å². The zero-order valence-corrected chi connectivity index (χ0v) is 11.7. The molecule has 6 heteroatoms. The third kappa shape index (κ3) is 1.52. The number of carbonyl (C=O) groups is 2. The maximum absolute atomic E-state index is 11.3. The minimum absolute atomic E-state index is 0. The molecule has 3 rings (SSSR count). The Morgan fingerprint density at radius 2 is 1.38 bits per heavy atom. The summed E-state index contributed by atoms with van der Waals surface area (Å²) in [5, 5.41) is 22.6. The van der Waals surface area contributed by atoms with Gasteiger partial charge < -0.3 is 32.5 Å². The molecule has 6 atom stereocenters. The zero-order chi connectivity index (χ0) is 10.0. The number of carbonyl (C=O) groups excluding carboxylic acids is 2. The van der Waals surface area contributed by atoms with Gasteiger partial charge in [-0.1, -0.05) is 0 Å². The molecule has 0 spiro atoms. The zero-order valence-electron chi connectivity index (χ0n) is 8.91. The normalized spacial score (nSPS) is 48.1. The minimum Gasteiger partial charge on any atom is -0.595 e. The molecule has 0 aromatic heterocycles. The Bertz CT molecular complexity index is 305. The van der Waals surface area contributed by atoms with E-state index in [2.05, 4.69) is 5.32 Å². The van der Waals surface area contributed by atoms with Crippen molar-refractivity contribution in [2.75, 3.05) is 0 Å². The van der Waals surface area contributed by atoms with E-state index in [9.17, 15) is 19.8 Å². The Balaban J connectivity index is 0.000000640. The maximum Gasteiger partial charge on any atom is 0.0836 e. The fourth-order valence-corrected chi connectivity index (χ4v) is 3.28. The van der Waals surface area contributed by atoms with Crippen molar-refractivity contribution in [3.63, 3.8) is 0 Å². The number of hydrogen-bond acceptors (Lipinski definition) is 4. The van der Waals surface area contributed by atoms with Crippen LogP contribution in [0.1, 0.15) is 6.42 Å². The minimum atomic E-state index is -0.855. The maximum atomic E-state index is 11.3. The van der Waals surface area contributed by atoms with Gasteiger partial charge in [0, 0.05) is 44.5 Å². The van der Waals surface area contributed by atoms with E-state index in [4.69, 9.17) is 0 Å². The second-order valence-corrected chi connectivity index (χ2v) is 4.38. The molecule has 2 N–H and O–H groups in total. The summed E-state index contributed by atoms with van der Waals surface area (Å²) >= 11 is 0. The summed E-state index contributed by atoms with van der Waals surface area (Å²) in [7, 11) is 0. The Labute approximate surface area is 119 Å². The van der Waals surface area contributed by atoms with Crippen LogP contribution in [-0.2, 0) is 42.3 Å². The molecule has 1 saturated heterocycles. The number of rotatable bonds is 0. The van der Waals surface area contributed by atoms with Gasteiger partial charge in [-0.25, -0.2) is 0 Å². The van der Waals surface area contributed by atoms with Crippen LogP contribution in [0.3, 0.4) is 0 Å². The first-order chi connectivity index (χ1) is 6.61. The summed E-state index contributed by atoms with van der Waals surface area (Å²) in [6.07, 6.45) is -1.14. The fourth-order valence-electron chi connectivity index (χ4n) is 3.28. The van der Waals surface area contributed by atoms with Gasteiger partial charge in [0.1, 0.15) is 0 Å².